The van der Waals surface area contributed by atoms with Gasteiger partial charge in [0.2, 0.25) is 0 Å². The van der Waals surface area contributed by atoms with Gasteiger partial charge in [-0.1, -0.05) is 139 Å². The van der Waals surface area contributed by atoms with Gasteiger partial charge < -0.3 is 80.0 Å². The highest BCUT2D eigenvalue weighted by Gasteiger charge is 2.53. The van der Waals surface area contributed by atoms with Crippen LogP contribution in [0.4, 0.5) is 0 Å². The van der Waals surface area contributed by atoms with Gasteiger partial charge in [0.05, 0.1) is 57.1 Å². The van der Waals surface area contributed by atoms with Gasteiger partial charge in [-0.05, 0) is 47.9 Å². The maximum Gasteiger partial charge on any atom is 0.334 e. The fourth-order valence-electron chi connectivity index (χ4n) is 6.37. The number of unbranched alkanes of at least 4 members (excludes halogenated alkanes) is 12. The van der Waals surface area contributed by atoms with Crippen LogP contribution in [0.1, 0.15) is 126 Å². The van der Waals surface area contributed by atoms with Crippen molar-refractivity contribution in [3.8, 4) is 0 Å². The molecule has 364 valence electrons. The van der Waals surface area contributed by atoms with Crippen LogP contribution >= 0.6 is 34.4 Å². The van der Waals surface area contributed by atoms with E-state index >= 15 is 0 Å². The molecular weight excluding hydrogens is 892 g/mol. The summed E-state index contributed by atoms with van der Waals surface area (Å²) >= 11 is 0. The number of hydrogen-bond donors (Lipinski definition) is 16. The van der Waals surface area contributed by atoms with Crippen molar-refractivity contribution in [1.29, 1.82) is 0 Å². The molecule has 0 aromatic heterocycles. The lowest BCUT2D eigenvalue weighted by Gasteiger charge is -2.46. The molecule has 0 radical (unpaired) electrons. The van der Waals surface area contributed by atoms with Gasteiger partial charge in [0.15, 0.2) is 0 Å². The van der Waals surface area contributed by atoms with Crippen molar-refractivity contribution < 1.29 is 88.6 Å². The molecule has 2 aromatic carbocycles. The molecule has 0 heterocycles. The zero-order chi connectivity index (χ0) is 47.5. The van der Waals surface area contributed by atoms with Crippen LogP contribution in [0.3, 0.4) is 0 Å². The third-order valence-electron chi connectivity index (χ3n) is 10.2. The van der Waals surface area contributed by atoms with E-state index in [4.69, 9.17) is 59.6 Å². The molecular formula is C40H76O18P4. The molecule has 16 N–H and O–H groups in total. The molecule has 0 saturated carbocycles. The van der Waals surface area contributed by atoms with Crippen molar-refractivity contribution in [2.45, 2.75) is 122 Å². The third-order valence-corrected chi connectivity index (χ3v) is 12.6. The summed E-state index contributed by atoms with van der Waals surface area (Å²) in [5.41, 5.74) is -0.987. The molecule has 0 aliphatic heterocycles. The van der Waals surface area contributed by atoms with Gasteiger partial charge in [0.25, 0.3) is 0 Å². The first-order valence-electron chi connectivity index (χ1n) is 20.8. The van der Waals surface area contributed by atoms with Crippen LogP contribution in [0.2, 0.25) is 0 Å². The van der Waals surface area contributed by atoms with Crippen LogP contribution < -0.4 is 0 Å². The minimum Gasteiger partial charge on any atom is -0.396 e. The second kappa shape index (κ2) is 38.5. The molecule has 0 unspecified atom stereocenters. The summed E-state index contributed by atoms with van der Waals surface area (Å²) in [7, 11) is -10.4. The Kier molecular flexibility index (Phi) is 39.5. The van der Waals surface area contributed by atoms with E-state index in [1.807, 2.05) is 48.5 Å². The maximum atomic E-state index is 12.7. The van der Waals surface area contributed by atoms with E-state index in [0.717, 1.165) is 49.7 Å². The fourth-order valence-corrected chi connectivity index (χ4v) is 7.41. The lowest BCUT2D eigenvalue weighted by atomic mass is 9.63. The molecule has 18 nitrogen and oxygen atoms in total. The van der Waals surface area contributed by atoms with Crippen molar-refractivity contribution in [2.24, 2.45) is 10.8 Å². The predicted molar refractivity (Wildman–Crippen MR) is 241 cm³/mol. The van der Waals surface area contributed by atoms with Crippen molar-refractivity contribution >= 4 is 34.4 Å². The number of aliphatic hydroxyl groups is 8. The van der Waals surface area contributed by atoms with Crippen molar-refractivity contribution in [1.82, 2.24) is 0 Å². The Hall–Kier alpha value is -0.560. The van der Waals surface area contributed by atoms with E-state index in [-0.39, 0.29) is 0 Å². The molecule has 22 heteroatoms. The third kappa shape index (κ3) is 25.4. The number of hydrogen-bond acceptors (Lipinski definition) is 18. The SMILES string of the molecule is CCCCCCCCCc1ccccc1C(O)(c1ccccc1CCCCCCCCC)C(CO)(CO)CO.OCC(CO)(CO)CO.OP(O)OP(O)O.OP(O)OP(O)O. The van der Waals surface area contributed by atoms with Crippen LogP contribution in [0.5, 0.6) is 0 Å². The van der Waals surface area contributed by atoms with E-state index in [0.29, 0.717) is 11.1 Å². The first kappa shape index (κ1) is 63.5. The lowest BCUT2D eigenvalue weighted by Crippen LogP contribution is -2.55. The molecule has 2 aromatic rings. The normalized spacial score (nSPS) is 12.0. The van der Waals surface area contributed by atoms with Crippen LogP contribution in [0.25, 0.3) is 0 Å². The zero-order valence-corrected chi connectivity index (χ0v) is 39.7. The van der Waals surface area contributed by atoms with Crippen LogP contribution in [-0.2, 0) is 27.1 Å². The number of aryl methyl sites for hydroxylation is 2. The van der Waals surface area contributed by atoms with Gasteiger partial charge >= 0.3 is 34.4 Å². The van der Waals surface area contributed by atoms with E-state index in [1.165, 1.54) is 64.2 Å². The average molecular weight is 969 g/mol. The quantitative estimate of drug-likeness (QED) is 0.0384. The smallest absolute Gasteiger partial charge is 0.334 e. The first-order valence-corrected chi connectivity index (χ1v) is 25.4. The Labute approximate surface area is 372 Å². The minimum absolute atomic E-state index is 0.406. The molecule has 0 amide bonds. The van der Waals surface area contributed by atoms with Crippen LogP contribution in [0.15, 0.2) is 48.5 Å². The Morgan fingerprint density at radius 1 is 0.403 bits per heavy atom. The zero-order valence-electron chi connectivity index (χ0n) is 36.1. The van der Waals surface area contributed by atoms with Gasteiger partial charge in [-0.3, -0.25) is 0 Å². The largest absolute Gasteiger partial charge is 0.396 e. The molecule has 0 atom stereocenters. The van der Waals surface area contributed by atoms with E-state index in [1.54, 1.807) is 0 Å². The second-order valence-corrected chi connectivity index (χ2v) is 18.2. The Balaban J connectivity index is 0. The summed E-state index contributed by atoms with van der Waals surface area (Å²) in [6.07, 6.45) is 18.5. The van der Waals surface area contributed by atoms with Crippen LogP contribution in [-0.4, -0.2) is 126 Å². The Morgan fingerprint density at radius 2 is 0.677 bits per heavy atom. The van der Waals surface area contributed by atoms with E-state index < -0.39 is 97.1 Å². The van der Waals surface area contributed by atoms with Gasteiger partial charge in [-0.25, -0.2) is 8.62 Å². The summed E-state index contributed by atoms with van der Waals surface area (Å²) in [4.78, 5) is 62.5. The van der Waals surface area contributed by atoms with Crippen LogP contribution in [0, 0.1) is 10.8 Å². The number of aliphatic hydroxyl groups excluding tert-OH is 7. The highest BCUT2D eigenvalue weighted by Crippen LogP contribution is 2.48. The molecule has 0 aliphatic rings. The Bertz CT molecular complexity index is 1210. The predicted octanol–water partition coefficient (Wildman–Crippen LogP) is 4.27. The summed E-state index contributed by atoms with van der Waals surface area (Å²) in [6.45, 7) is 1.24. The molecule has 0 aliphatic carbocycles. The van der Waals surface area contributed by atoms with Crippen molar-refractivity contribution in [3.63, 3.8) is 0 Å². The van der Waals surface area contributed by atoms with Gasteiger partial charge in [-0.2, -0.15) is 0 Å². The summed E-state index contributed by atoms with van der Waals surface area (Å²) in [5.74, 6) is 0. The van der Waals surface area contributed by atoms with Crippen molar-refractivity contribution in [3.05, 3.63) is 70.8 Å². The van der Waals surface area contributed by atoms with E-state index in [2.05, 4.69) is 22.5 Å². The minimum atomic E-state index is -2.61. The number of benzene rings is 2. The van der Waals surface area contributed by atoms with Crippen molar-refractivity contribution in [2.75, 3.05) is 46.2 Å². The van der Waals surface area contributed by atoms with Gasteiger partial charge in [-0.15, -0.1) is 0 Å². The molecule has 0 spiro atoms. The molecule has 2 rings (SSSR count). The lowest BCUT2D eigenvalue weighted by molar-refractivity contribution is -0.136. The number of rotatable bonds is 30. The standard InChI is InChI=1S/C35H56O4.C5H12O4.2H4O5P2/c1-3-5-7-9-11-13-15-21-30-23-17-19-25-32(30)35(39,34(27-36,28-37)29-38)33-26-20-18-24-31(33)22-16-14-12-10-8-6-4-2;6-1-5(2-7,3-8)4-9;2*1-6(2)5-7(3)4/h17-20,23-26,36-39H,3-16,21-22,27-29H2,1-2H3;6-9H,1-4H2;2*1-4H. The van der Waals surface area contributed by atoms with Gasteiger partial charge in [0.1, 0.15) is 5.60 Å². The second-order valence-electron chi connectivity index (χ2n) is 14.8. The summed E-state index contributed by atoms with van der Waals surface area (Å²) < 4.78 is 7.20. The Morgan fingerprint density at radius 3 is 0.903 bits per heavy atom. The average Bonchev–Trinajstić information content (AvgIpc) is 3.25. The monoisotopic (exact) mass is 968 g/mol. The molecule has 0 fully saturated rings. The van der Waals surface area contributed by atoms with E-state index in [9.17, 15) is 20.4 Å². The topological polar surface area (TPSA) is 342 Å². The fraction of sp³-hybridized carbons (Fsp3) is 0.700. The first-order chi connectivity index (χ1) is 29.5. The highest BCUT2D eigenvalue weighted by atomic mass is 31.2. The van der Waals surface area contributed by atoms with Gasteiger partial charge in [0, 0.05) is 0 Å². The molecule has 62 heavy (non-hydrogen) atoms. The highest BCUT2D eigenvalue weighted by molar-refractivity contribution is 7.53. The molecule has 0 saturated heterocycles. The summed E-state index contributed by atoms with van der Waals surface area (Å²) in [5, 5.41) is 78.4. The molecule has 0 bridgehead atoms. The maximum absolute atomic E-state index is 12.7. The summed E-state index contributed by atoms with van der Waals surface area (Å²) in [6, 6.07) is 15.7.